The molecule has 0 aromatic rings. The standard InChI is InChI=1S/C20H28O8/c1-2-16(21)23-13-17(22)26-18(14-11-24-19(27-14)7-3-4-8-19)15-12-25-20(28-15)9-5-6-10-20/h2,14-15,18H,1,3-13H2. The molecule has 2 aliphatic carbocycles. The van der Waals surface area contributed by atoms with E-state index >= 15 is 0 Å². The van der Waals surface area contributed by atoms with Gasteiger partial charge in [-0.1, -0.05) is 6.58 Å². The molecule has 2 saturated heterocycles. The SMILES string of the molecule is C=CC(=O)OCC(=O)OC(C1COC2(CCCC2)O1)C1COC2(CCCC2)O1. The maximum absolute atomic E-state index is 12.3. The quantitative estimate of drug-likeness (QED) is 0.497. The summed E-state index contributed by atoms with van der Waals surface area (Å²) in [6, 6.07) is 0. The summed E-state index contributed by atoms with van der Waals surface area (Å²) in [5, 5.41) is 0. The van der Waals surface area contributed by atoms with E-state index in [2.05, 4.69) is 6.58 Å². The molecule has 2 atom stereocenters. The van der Waals surface area contributed by atoms with Gasteiger partial charge in [0.15, 0.2) is 24.3 Å². The van der Waals surface area contributed by atoms with Gasteiger partial charge in [0, 0.05) is 31.8 Å². The minimum atomic E-state index is -0.685. The van der Waals surface area contributed by atoms with E-state index in [1.54, 1.807) is 0 Å². The normalized spacial score (nSPS) is 31.3. The summed E-state index contributed by atoms with van der Waals surface area (Å²) in [6.45, 7) is 3.48. The fourth-order valence-corrected chi connectivity index (χ4v) is 4.60. The van der Waals surface area contributed by atoms with Crippen molar-refractivity contribution in [1.82, 2.24) is 0 Å². The topological polar surface area (TPSA) is 89.5 Å². The van der Waals surface area contributed by atoms with Crippen LogP contribution in [0, 0.1) is 0 Å². The highest BCUT2D eigenvalue weighted by molar-refractivity contribution is 5.83. The van der Waals surface area contributed by atoms with Gasteiger partial charge in [0.05, 0.1) is 13.2 Å². The molecule has 4 aliphatic rings. The maximum atomic E-state index is 12.3. The highest BCUT2D eigenvalue weighted by Gasteiger charge is 2.53. The first-order valence-electron chi connectivity index (χ1n) is 10.2. The Kier molecular flexibility index (Phi) is 5.73. The van der Waals surface area contributed by atoms with E-state index in [0.717, 1.165) is 57.4 Å². The number of carbonyl (C=O) groups is 2. The van der Waals surface area contributed by atoms with Crippen molar-refractivity contribution in [2.45, 2.75) is 81.3 Å². The second-order valence-corrected chi connectivity index (χ2v) is 7.94. The van der Waals surface area contributed by atoms with E-state index < -0.39 is 48.4 Å². The molecular formula is C20H28O8. The van der Waals surface area contributed by atoms with Gasteiger partial charge in [-0.25, -0.2) is 9.59 Å². The Labute approximate surface area is 164 Å². The Morgan fingerprint density at radius 3 is 1.93 bits per heavy atom. The highest BCUT2D eigenvalue weighted by Crippen LogP contribution is 2.44. The summed E-state index contributed by atoms with van der Waals surface area (Å²) in [5.41, 5.74) is 0. The molecule has 156 valence electrons. The number of hydrogen-bond acceptors (Lipinski definition) is 8. The Bertz CT molecular complexity index is 571. The van der Waals surface area contributed by atoms with Crippen LogP contribution in [0.25, 0.3) is 0 Å². The Morgan fingerprint density at radius 1 is 0.964 bits per heavy atom. The van der Waals surface area contributed by atoms with Gasteiger partial charge in [0.25, 0.3) is 0 Å². The summed E-state index contributed by atoms with van der Waals surface area (Å²) in [5.74, 6) is -2.49. The molecule has 2 unspecified atom stereocenters. The lowest BCUT2D eigenvalue weighted by molar-refractivity contribution is -0.208. The van der Waals surface area contributed by atoms with E-state index in [4.69, 9.17) is 28.4 Å². The lowest BCUT2D eigenvalue weighted by atomic mass is 10.1. The maximum Gasteiger partial charge on any atom is 0.344 e. The molecule has 0 bridgehead atoms. The smallest absolute Gasteiger partial charge is 0.344 e. The summed E-state index contributed by atoms with van der Waals surface area (Å²) in [4.78, 5) is 23.5. The summed E-state index contributed by atoms with van der Waals surface area (Å²) in [6.07, 6.45) is 7.02. The van der Waals surface area contributed by atoms with Crippen LogP contribution < -0.4 is 0 Å². The first-order chi connectivity index (χ1) is 13.5. The molecule has 8 nitrogen and oxygen atoms in total. The van der Waals surface area contributed by atoms with E-state index in [9.17, 15) is 9.59 Å². The molecule has 0 aromatic carbocycles. The zero-order valence-corrected chi connectivity index (χ0v) is 16.1. The van der Waals surface area contributed by atoms with Crippen LogP contribution >= 0.6 is 0 Å². The van der Waals surface area contributed by atoms with Crippen molar-refractivity contribution in [3.63, 3.8) is 0 Å². The van der Waals surface area contributed by atoms with Crippen molar-refractivity contribution in [3.05, 3.63) is 12.7 Å². The van der Waals surface area contributed by atoms with Crippen LogP contribution in [0.5, 0.6) is 0 Å². The summed E-state index contributed by atoms with van der Waals surface area (Å²) < 4.78 is 34.8. The minimum Gasteiger partial charge on any atom is -0.454 e. The van der Waals surface area contributed by atoms with Crippen molar-refractivity contribution >= 4 is 11.9 Å². The van der Waals surface area contributed by atoms with Gasteiger partial charge in [0.2, 0.25) is 0 Å². The van der Waals surface area contributed by atoms with E-state index in [1.165, 1.54) is 0 Å². The van der Waals surface area contributed by atoms with Gasteiger partial charge in [-0.15, -0.1) is 0 Å². The third kappa shape index (κ3) is 4.10. The van der Waals surface area contributed by atoms with Gasteiger partial charge in [-0.2, -0.15) is 0 Å². The first kappa shape index (κ1) is 19.8. The first-order valence-corrected chi connectivity index (χ1v) is 10.2. The van der Waals surface area contributed by atoms with Crippen molar-refractivity contribution in [1.29, 1.82) is 0 Å². The average Bonchev–Trinajstić information content (AvgIpc) is 3.49. The second-order valence-electron chi connectivity index (χ2n) is 7.94. The monoisotopic (exact) mass is 396 g/mol. The average molecular weight is 396 g/mol. The van der Waals surface area contributed by atoms with Crippen LogP contribution in [0.15, 0.2) is 12.7 Å². The summed E-state index contributed by atoms with van der Waals surface area (Å²) >= 11 is 0. The molecule has 4 rings (SSSR count). The Hall–Kier alpha value is -1.48. The third-order valence-electron chi connectivity index (χ3n) is 5.98. The predicted octanol–water partition coefficient (Wildman–Crippen LogP) is 2.00. The van der Waals surface area contributed by atoms with Crippen LogP contribution in [0.3, 0.4) is 0 Å². The number of hydrogen-bond donors (Lipinski definition) is 0. The largest absolute Gasteiger partial charge is 0.454 e. The molecule has 4 fully saturated rings. The van der Waals surface area contributed by atoms with Crippen LogP contribution in [-0.4, -0.2) is 61.6 Å². The van der Waals surface area contributed by atoms with Crippen molar-refractivity contribution in [2.75, 3.05) is 19.8 Å². The van der Waals surface area contributed by atoms with Gasteiger partial charge in [-0.3, -0.25) is 0 Å². The second kappa shape index (κ2) is 8.10. The van der Waals surface area contributed by atoms with Crippen LogP contribution in [-0.2, 0) is 38.0 Å². The zero-order valence-electron chi connectivity index (χ0n) is 16.1. The molecule has 2 saturated carbocycles. The van der Waals surface area contributed by atoms with E-state index in [1.807, 2.05) is 0 Å². The molecule has 28 heavy (non-hydrogen) atoms. The molecule has 2 spiro atoms. The molecule has 2 aliphatic heterocycles. The molecule has 0 N–H and O–H groups in total. The molecule has 2 heterocycles. The fourth-order valence-electron chi connectivity index (χ4n) is 4.60. The van der Waals surface area contributed by atoms with Gasteiger partial charge >= 0.3 is 11.9 Å². The summed E-state index contributed by atoms with van der Waals surface area (Å²) in [7, 11) is 0. The lowest BCUT2D eigenvalue weighted by Gasteiger charge is -2.30. The Morgan fingerprint density at radius 2 is 1.46 bits per heavy atom. The number of carbonyl (C=O) groups excluding carboxylic acids is 2. The highest BCUT2D eigenvalue weighted by atomic mass is 16.8. The van der Waals surface area contributed by atoms with Crippen molar-refractivity contribution in [2.24, 2.45) is 0 Å². The van der Waals surface area contributed by atoms with Crippen LogP contribution in [0.4, 0.5) is 0 Å². The fraction of sp³-hybridized carbons (Fsp3) is 0.800. The number of ether oxygens (including phenoxy) is 6. The lowest BCUT2D eigenvalue weighted by Crippen LogP contribution is -2.46. The van der Waals surface area contributed by atoms with Crippen molar-refractivity contribution < 1.29 is 38.0 Å². The van der Waals surface area contributed by atoms with E-state index in [-0.39, 0.29) is 0 Å². The van der Waals surface area contributed by atoms with Crippen LogP contribution in [0.1, 0.15) is 51.4 Å². The van der Waals surface area contributed by atoms with Crippen LogP contribution in [0.2, 0.25) is 0 Å². The third-order valence-corrected chi connectivity index (χ3v) is 5.98. The Balaban J connectivity index is 1.43. The van der Waals surface area contributed by atoms with Gasteiger partial charge in [-0.05, 0) is 25.7 Å². The van der Waals surface area contributed by atoms with Crippen molar-refractivity contribution in [3.8, 4) is 0 Å². The predicted molar refractivity (Wildman–Crippen MR) is 95.1 cm³/mol. The minimum absolute atomic E-state index is 0.331. The van der Waals surface area contributed by atoms with Gasteiger partial charge < -0.3 is 28.4 Å². The molecular weight excluding hydrogens is 368 g/mol. The molecule has 8 heteroatoms. The van der Waals surface area contributed by atoms with E-state index in [0.29, 0.717) is 13.2 Å². The molecule has 0 aromatic heterocycles. The zero-order chi connectivity index (χ0) is 19.6. The molecule has 0 amide bonds. The van der Waals surface area contributed by atoms with Gasteiger partial charge in [0.1, 0.15) is 12.2 Å². The number of esters is 2. The number of rotatable bonds is 6. The molecule has 0 radical (unpaired) electrons.